The number of rotatable bonds is 6. The molecular formula is C12H16F2N2O2. The molecule has 1 aromatic rings. The first-order chi connectivity index (χ1) is 8.40. The molecular weight excluding hydrogens is 242 g/mol. The zero-order valence-electron chi connectivity index (χ0n) is 10.1. The van der Waals surface area contributed by atoms with Crippen LogP contribution in [0.25, 0.3) is 0 Å². The molecule has 0 heterocycles. The van der Waals surface area contributed by atoms with E-state index in [1.165, 1.54) is 12.1 Å². The number of carbonyl (C=O) groups excluding carboxylic acids is 1. The maximum Gasteiger partial charge on any atom is 0.220 e. The van der Waals surface area contributed by atoms with Gasteiger partial charge in [-0.1, -0.05) is 0 Å². The van der Waals surface area contributed by atoms with Gasteiger partial charge in [0, 0.05) is 6.04 Å². The summed E-state index contributed by atoms with van der Waals surface area (Å²) >= 11 is 0. The standard InChI is InChI=1S/C12H16F2N2O2/c1-7(15)4-8-5-9(13)12(10(14)6-8)18-3-2-11(16)17/h5-7H,2-4,15H2,1H3,(H2,16,17). The monoisotopic (exact) mass is 258 g/mol. The van der Waals surface area contributed by atoms with Crippen molar-refractivity contribution in [1.29, 1.82) is 0 Å². The predicted molar refractivity (Wildman–Crippen MR) is 63.0 cm³/mol. The van der Waals surface area contributed by atoms with E-state index in [1.807, 2.05) is 0 Å². The van der Waals surface area contributed by atoms with E-state index in [1.54, 1.807) is 6.92 Å². The van der Waals surface area contributed by atoms with E-state index >= 15 is 0 Å². The molecule has 100 valence electrons. The first-order valence-corrected chi connectivity index (χ1v) is 5.54. The quantitative estimate of drug-likeness (QED) is 0.802. The van der Waals surface area contributed by atoms with Crippen LogP contribution in [-0.2, 0) is 11.2 Å². The van der Waals surface area contributed by atoms with Gasteiger partial charge in [0.1, 0.15) is 0 Å². The lowest BCUT2D eigenvalue weighted by atomic mass is 10.1. The highest BCUT2D eigenvalue weighted by atomic mass is 19.1. The number of hydrogen-bond acceptors (Lipinski definition) is 3. The second-order valence-electron chi connectivity index (χ2n) is 4.13. The lowest BCUT2D eigenvalue weighted by Gasteiger charge is -2.10. The van der Waals surface area contributed by atoms with Crippen molar-refractivity contribution in [3.05, 3.63) is 29.3 Å². The van der Waals surface area contributed by atoms with Gasteiger partial charge in [0.05, 0.1) is 13.0 Å². The SMILES string of the molecule is CC(N)Cc1cc(F)c(OCCC(N)=O)c(F)c1. The lowest BCUT2D eigenvalue weighted by molar-refractivity contribution is -0.118. The van der Waals surface area contributed by atoms with Crippen molar-refractivity contribution in [3.8, 4) is 5.75 Å². The number of primary amides is 1. The predicted octanol–water partition coefficient (Wildman–Crippen LogP) is 1.11. The van der Waals surface area contributed by atoms with Crippen molar-refractivity contribution in [2.45, 2.75) is 25.8 Å². The summed E-state index contributed by atoms with van der Waals surface area (Å²) in [6.45, 7) is 1.59. The third kappa shape index (κ3) is 4.29. The molecule has 18 heavy (non-hydrogen) atoms. The van der Waals surface area contributed by atoms with Gasteiger partial charge in [0.2, 0.25) is 5.91 Å². The fourth-order valence-corrected chi connectivity index (χ4v) is 1.49. The van der Waals surface area contributed by atoms with E-state index in [2.05, 4.69) is 0 Å². The third-order valence-corrected chi connectivity index (χ3v) is 2.21. The molecule has 0 radical (unpaired) electrons. The lowest BCUT2D eigenvalue weighted by Crippen LogP contribution is -2.18. The largest absolute Gasteiger partial charge is 0.487 e. The van der Waals surface area contributed by atoms with Gasteiger partial charge in [-0.3, -0.25) is 4.79 Å². The molecule has 1 amide bonds. The van der Waals surface area contributed by atoms with Crippen molar-refractivity contribution in [3.63, 3.8) is 0 Å². The zero-order chi connectivity index (χ0) is 13.7. The van der Waals surface area contributed by atoms with Crippen LogP contribution >= 0.6 is 0 Å². The Hall–Kier alpha value is -1.69. The Bertz CT molecular complexity index is 413. The summed E-state index contributed by atoms with van der Waals surface area (Å²) in [7, 11) is 0. The molecule has 0 spiro atoms. The number of nitrogens with two attached hydrogens (primary N) is 2. The Morgan fingerprint density at radius 3 is 2.39 bits per heavy atom. The van der Waals surface area contributed by atoms with Gasteiger partial charge in [-0.05, 0) is 31.0 Å². The summed E-state index contributed by atoms with van der Waals surface area (Å²) in [5.74, 6) is -2.71. The van der Waals surface area contributed by atoms with Gasteiger partial charge in [-0.2, -0.15) is 0 Å². The first-order valence-electron chi connectivity index (χ1n) is 5.54. The van der Waals surface area contributed by atoms with Crippen LogP contribution in [-0.4, -0.2) is 18.6 Å². The van der Waals surface area contributed by atoms with Crippen LogP contribution in [0.1, 0.15) is 18.9 Å². The minimum atomic E-state index is -0.810. The maximum absolute atomic E-state index is 13.6. The summed E-state index contributed by atoms with van der Waals surface area (Å²) < 4.78 is 32.0. The van der Waals surface area contributed by atoms with E-state index in [0.717, 1.165) is 0 Å². The highest BCUT2D eigenvalue weighted by molar-refractivity contribution is 5.73. The second kappa shape index (κ2) is 6.30. The molecule has 0 aromatic heterocycles. The topological polar surface area (TPSA) is 78.3 Å². The average molecular weight is 258 g/mol. The maximum atomic E-state index is 13.6. The minimum absolute atomic E-state index is 0.0968. The Labute approximate surface area is 104 Å². The van der Waals surface area contributed by atoms with E-state index in [4.69, 9.17) is 16.2 Å². The summed E-state index contributed by atoms with van der Waals surface area (Å²) in [6, 6.07) is 2.16. The molecule has 1 rings (SSSR count). The average Bonchev–Trinajstić information content (AvgIpc) is 2.20. The summed E-state index contributed by atoms with van der Waals surface area (Å²) in [5, 5.41) is 0. The number of ether oxygens (including phenoxy) is 1. The van der Waals surface area contributed by atoms with Gasteiger partial charge in [0.25, 0.3) is 0 Å². The molecule has 0 fully saturated rings. The number of carbonyl (C=O) groups is 1. The molecule has 0 aliphatic rings. The molecule has 0 saturated carbocycles. The van der Waals surface area contributed by atoms with Crippen molar-refractivity contribution in [1.82, 2.24) is 0 Å². The highest BCUT2D eigenvalue weighted by Crippen LogP contribution is 2.24. The Morgan fingerprint density at radius 1 is 1.39 bits per heavy atom. The summed E-state index contributed by atoms with van der Waals surface area (Å²) in [4.78, 5) is 10.5. The summed E-state index contributed by atoms with van der Waals surface area (Å²) in [6.07, 6.45) is 0.274. The smallest absolute Gasteiger partial charge is 0.220 e. The fourth-order valence-electron chi connectivity index (χ4n) is 1.49. The van der Waals surface area contributed by atoms with E-state index < -0.39 is 23.3 Å². The summed E-state index contributed by atoms with van der Waals surface area (Å²) in [5.41, 5.74) is 10.9. The zero-order valence-corrected chi connectivity index (χ0v) is 10.1. The number of amides is 1. The molecule has 1 unspecified atom stereocenters. The van der Waals surface area contributed by atoms with Crippen molar-refractivity contribution in [2.24, 2.45) is 11.5 Å². The number of halogens is 2. The van der Waals surface area contributed by atoms with Gasteiger partial charge in [-0.15, -0.1) is 0 Å². The normalized spacial score (nSPS) is 12.2. The molecule has 0 saturated heterocycles. The van der Waals surface area contributed by atoms with E-state index in [0.29, 0.717) is 12.0 Å². The number of hydrogen-bond donors (Lipinski definition) is 2. The van der Waals surface area contributed by atoms with E-state index in [9.17, 15) is 13.6 Å². The fraction of sp³-hybridized carbons (Fsp3) is 0.417. The van der Waals surface area contributed by atoms with Crippen LogP contribution < -0.4 is 16.2 Å². The highest BCUT2D eigenvalue weighted by Gasteiger charge is 2.13. The Balaban J connectivity index is 2.77. The van der Waals surface area contributed by atoms with Gasteiger partial charge in [-0.25, -0.2) is 8.78 Å². The molecule has 1 aromatic carbocycles. The molecule has 0 aliphatic heterocycles. The first kappa shape index (κ1) is 14.4. The van der Waals surface area contributed by atoms with E-state index in [-0.39, 0.29) is 19.1 Å². The van der Waals surface area contributed by atoms with Crippen LogP contribution in [0.5, 0.6) is 5.75 Å². The van der Waals surface area contributed by atoms with Crippen molar-refractivity contribution >= 4 is 5.91 Å². The molecule has 4 N–H and O–H groups in total. The van der Waals surface area contributed by atoms with Gasteiger partial charge in [0.15, 0.2) is 17.4 Å². The van der Waals surface area contributed by atoms with Crippen LogP contribution in [0.3, 0.4) is 0 Å². The van der Waals surface area contributed by atoms with Crippen LogP contribution in [0.2, 0.25) is 0 Å². The van der Waals surface area contributed by atoms with Gasteiger partial charge < -0.3 is 16.2 Å². The molecule has 0 bridgehead atoms. The molecule has 6 heteroatoms. The Morgan fingerprint density at radius 2 is 1.94 bits per heavy atom. The molecule has 4 nitrogen and oxygen atoms in total. The molecule has 0 aliphatic carbocycles. The number of benzene rings is 1. The third-order valence-electron chi connectivity index (χ3n) is 2.21. The van der Waals surface area contributed by atoms with Crippen LogP contribution in [0, 0.1) is 11.6 Å². The van der Waals surface area contributed by atoms with Crippen molar-refractivity contribution in [2.75, 3.05) is 6.61 Å². The van der Waals surface area contributed by atoms with Crippen LogP contribution in [0.4, 0.5) is 8.78 Å². The second-order valence-corrected chi connectivity index (χ2v) is 4.13. The van der Waals surface area contributed by atoms with Gasteiger partial charge >= 0.3 is 0 Å². The van der Waals surface area contributed by atoms with Crippen LogP contribution in [0.15, 0.2) is 12.1 Å². The Kier molecular flexibility index (Phi) is 5.03. The van der Waals surface area contributed by atoms with Crippen molar-refractivity contribution < 1.29 is 18.3 Å². The molecule has 1 atom stereocenters. The minimum Gasteiger partial charge on any atom is -0.487 e.